The Hall–Kier alpha value is -1.62. The molecule has 1 atom stereocenters. The number of hydrogen-bond donors (Lipinski definition) is 2. The Morgan fingerprint density at radius 1 is 1.62 bits per heavy atom. The van der Waals surface area contributed by atoms with Crippen LogP contribution in [0.15, 0.2) is 24.3 Å². The summed E-state index contributed by atoms with van der Waals surface area (Å²) in [6, 6.07) is 5.26. The van der Waals surface area contributed by atoms with E-state index in [9.17, 15) is 9.18 Å². The van der Waals surface area contributed by atoms with E-state index in [1.807, 2.05) is 0 Å². The Labute approximate surface area is 93.7 Å². The predicted molar refractivity (Wildman–Crippen MR) is 59.7 cm³/mol. The molecule has 2 amide bonds. The minimum absolute atomic E-state index is 0.223. The van der Waals surface area contributed by atoms with Gasteiger partial charge in [0.05, 0.1) is 6.10 Å². The van der Waals surface area contributed by atoms with Crippen LogP contribution in [0.3, 0.4) is 0 Å². The van der Waals surface area contributed by atoms with E-state index in [0.717, 1.165) is 0 Å². The molecular weight excluding hydrogens is 211 g/mol. The first-order valence-corrected chi connectivity index (χ1v) is 4.95. The highest BCUT2D eigenvalue weighted by molar-refractivity contribution is 5.89. The smallest absolute Gasteiger partial charge is 0.321 e. The number of likely N-dealkylation sites (N-methyl/N-ethyl adjacent to an activating group) is 1. The fourth-order valence-electron chi connectivity index (χ4n) is 1.26. The van der Waals surface area contributed by atoms with Crippen molar-refractivity contribution in [1.82, 2.24) is 4.90 Å². The van der Waals surface area contributed by atoms with E-state index in [1.54, 1.807) is 20.0 Å². The molecular formula is C11H15FN2O2. The largest absolute Gasteiger partial charge is 0.392 e. The van der Waals surface area contributed by atoms with Gasteiger partial charge in [-0.25, -0.2) is 9.18 Å². The van der Waals surface area contributed by atoms with E-state index in [1.165, 1.54) is 23.1 Å². The Balaban J connectivity index is 2.57. The van der Waals surface area contributed by atoms with Crippen LogP contribution in [-0.4, -0.2) is 35.7 Å². The maximum atomic E-state index is 12.8. The number of urea groups is 1. The number of hydrogen-bond acceptors (Lipinski definition) is 2. The van der Waals surface area contributed by atoms with Crippen LogP contribution in [0.4, 0.5) is 14.9 Å². The fraction of sp³-hybridized carbons (Fsp3) is 0.364. The number of halogens is 1. The lowest BCUT2D eigenvalue weighted by Gasteiger charge is -2.19. The summed E-state index contributed by atoms with van der Waals surface area (Å²) in [6.07, 6.45) is -0.594. The van der Waals surface area contributed by atoms with E-state index in [4.69, 9.17) is 5.11 Å². The molecule has 0 aromatic heterocycles. The molecule has 16 heavy (non-hydrogen) atoms. The molecule has 2 N–H and O–H groups in total. The zero-order valence-corrected chi connectivity index (χ0v) is 9.27. The Morgan fingerprint density at radius 2 is 2.31 bits per heavy atom. The fourth-order valence-corrected chi connectivity index (χ4v) is 1.26. The van der Waals surface area contributed by atoms with Crippen LogP contribution in [0, 0.1) is 5.82 Å². The number of aliphatic hydroxyl groups excluding tert-OH is 1. The Kier molecular flexibility index (Phi) is 4.25. The number of rotatable bonds is 3. The number of nitrogens with one attached hydrogen (secondary N) is 1. The van der Waals surface area contributed by atoms with Crippen molar-refractivity contribution in [2.75, 3.05) is 18.9 Å². The minimum atomic E-state index is -0.594. The van der Waals surface area contributed by atoms with Crippen LogP contribution >= 0.6 is 0 Å². The lowest BCUT2D eigenvalue weighted by Crippen LogP contribution is -2.36. The second kappa shape index (κ2) is 5.46. The van der Waals surface area contributed by atoms with Crippen molar-refractivity contribution in [2.45, 2.75) is 13.0 Å². The van der Waals surface area contributed by atoms with Gasteiger partial charge in [-0.3, -0.25) is 0 Å². The summed E-state index contributed by atoms with van der Waals surface area (Å²) in [7, 11) is 1.56. The van der Waals surface area contributed by atoms with Gasteiger partial charge >= 0.3 is 6.03 Å². The standard InChI is InChI=1S/C11H15FN2O2/c1-8(15)7-14(2)11(16)13-10-5-3-4-9(12)6-10/h3-6,8,15H,7H2,1-2H3,(H,13,16). The summed E-state index contributed by atoms with van der Waals surface area (Å²) < 4.78 is 12.8. The van der Waals surface area contributed by atoms with Crippen LogP contribution in [0.5, 0.6) is 0 Å². The molecule has 0 bridgehead atoms. The molecule has 0 aliphatic rings. The highest BCUT2D eigenvalue weighted by atomic mass is 19.1. The summed E-state index contributed by atoms with van der Waals surface area (Å²) in [6.45, 7) is 1.81. The van der Waals surface area contributed by atoms with Crippen LogP contribution in [0.25, 0.3) is 0 Å². The van der Waals surface area contributed by atoms with Gasteiger partial charge in [0.2, 0.25) is 0 Å². The molecule has 0 saturated carbocycles. The molecule has 1 unspecified atom stereocenters. The molecule has 88 valence electrons. The maximum Gasteiger partial charge on any atom is 0.321 e. The van der Waals surface area contributed by atoms with E-state index in [-0.39, 0.29) is 12.6 Å². The highest BCUT2D eigenvalue weighted by Crippen LogP contribution is 2.09. The zero-order chi connectivity index (χ0) is 12.1. The van der Waals surface area contributed by atoms with Gasteiger partial charge < -0.3 is 15.3 Å². The third kappa shape index (κ3) is 3.86. The molecule has 0 spiro atoms. The summed E-state index contributed by atoms with van der Waals surface area (Å²) in [5, 5.41) is 11.6. The number of carbonyl (C=O) groups is 1. The van der Waals surface area contributed by atoms with Crippen molar-refractivity contribution in [3.63, 3.8) is 0 Å². The van der Waals surface area contributed by atoms with Crippen molar-refractivity contribution in [2.24, 2.45) is 0 Å². The maximum absolute atomic E-state index is 12.8. The van der Waals surface area contributed by atoms with Crippen molar-refractivity contribution >= 4 is 11.7 Å². The number of aliphatic hydroxyl groups is 1. The van der Waals surface area contributed by atoms with Crippen molar-refractivity contribution in [1.29, 1.82) is 0 Å². The number of anilines is 1. The second-order valence-corrected chi connectivity index (χ2v) is 3.67. The topological polar surface area (TPSA) is 52.6 Å². The summed E-state index contributed by atoms with van der Waals surface area (Å²) in [4.78, 5) is 12.9. The van der Waals surface area contributed by atoms with Gasteiger partial charge in [-0.15, -0.1) is 0 Å². The van der Waals surface area contributed by atoms with Gasteiger partial charge in [-0.2, -0.15) is 0 Å². The molecule has 1 rings (SSSR count). The van der Waals surface area contributed by atoms with Gasteiger partial charge in [-0.05, 0) is 25.1 Å². The Morgan fingerprint density at radius 3 is 2.88 bits per heavy atom. The van der Waals surface area contributed by atoms with E-state index in [2.05, 4.69) is 5.32 Å². The van der Waals surface area contributed by atoms with E-state index >= 15 is 0 Å². The lowest BCUT2D eigenvalue weighted by molar-refractivity contribution is 0.149. The van der Waals surface area contributed by atoms with Crippen LogP contribution in [0.2, 0.25) is 0 Å². The molecule has 0 fully saturated rings. The average molecular weight is 226 g/mol. The summed E-state index contributed by atoms with van der Waals surface area (Å²) in [5.41, 5.74) is 0.391. The van der Waals surface area contributed by atoms with Gasteiger partial charge in [0.1, 0.15) is 5.82 Å². The van der Waals surface area contributed by atoms with Crippen molar-refractivity contribution < 1.29 is 14.3 Å². The van der Waals surface area contributed by atoms with Gasteiger partial charge in [-0.1, -0.05) is 6.07 Å². The monoisotopic (exact) mass is 226 g/mol. The third-order valence-corrected chi connectivity index (χ3v) is 1.96. The Bertz CT molecular complexity index is 369. The van der Waals surface area contributed by atoms with E-state index < -0.39 is 11.9 Å². The number of amides is 2. The molecule has 0 radical (unpaired) electrons. The number of carbonyl (C=O) groups excluding carboxylic acids is 1. The van der Waals surface area contributed by atoms with Crippen molar-refractivity contribution in [3.8, 4) is 0 Å². The first kappa shape index (κ1) is 12.4. The highest BCUT2D eigenvalue weighted by Gasteiger charge is 2.10. The summed E-state index contributed by atoms with van der Waals surface area (Å²) in [5.74, 6) is -0.407. The molecule has 0 aliphatic heterocycles. The molecule has 1 aromatic rings. The quantitative estimate of drug-likeness (QED) is 0.823. The van der Waals surface area contributed by atoms with Crippen LogP contribution in [0.1, 0.15) is 6.92 Å². The molecule has 0 saturated heterocycles. The van der Waals surface area contributed by atoms with E-state index in [0.29, 0.717) is 5.69 Å². The number of benzene rings is 1. The predicted octanol–water partition coefficient (Wildman–Crippen LogP) is 1.67. The van der Waals surface area contributed by atoms with Gasteiger partial charge in [0.25, 0.3) is 0 Å². The SMILES string of the molecule is CC(O)CN(C)C(=O)Nc1cccc(F)c1. The first-order valence-electron chi connectivity index (χ1n) is 4.95. The summed E-state index contributed by atoms with van der Waals surface area (Å²) >= 11 is 0. The van der Waals surface area contributed by atoms with Crippen LogP contribution in [-0.2, 0) is 0 Å². The van der Waals surface area contributed by atoms with Gasteiger partial charge in [0.15, 0.2) is 0 Å². The average Bonchev–Trinajstić information content (AvgIpc) is 2.16. The van der Waals surface area contributed by atoms with Gasteiger partial charge in [0, 0.05) is 19.3 Å². The second-order valence-electron chi connectivity index (χ2n) is 3.67. The van der Waals surface area contributed by atoms with Crippen molar-refractivity contribution in [3.05, 3.63) is 30.1 Å². The molecule has 0 heterocycles. The number of nitrogens with zero attached hydrogens (tertiary/aromatic N) is 1. The third-order valence-electron chi connectivity index (χ3n) is 1.96. The molecule has 4 nitrogen and oxygen atoms in total. The van der Waals surface area contributed by atoms with Crippen LogP contribution < -0.4 is 5.32 Å². The lowest BCUT2D eigenvalue weighted by atomic mass is 10.3. The first-order chi connectivity index (χ1) is 7.49. The molecule has 1 aromatic carbocycles. The molecule has 0 aliphatic carbocycles. The minimum Gasteiger partial charge on any atom is -0.392 e. The normalized spacial score (nSPS) is 12.0. The zero-order valence-electron chi connectivity index (χ0n) is 9.27. The molecule has 5 heteroatoms.